The fraction of sp³-hybridized carbons (Fsp3) is 0.188. The summed E-state index contributed by atoms with van der Waals surface area (Å²) in [6, 6.07) is 5.63. The third-order valence-electron chi connectivity index (χ3n) is 3.06. The van der Waals surface area contributed by atoms with E-state index in [1.165, 1.54) is 23.6 Å². The molecule has 2 rings (SSSR count). The van der Waals surface area contributed by atoms with Gasteiger partial charge in [0.15, 0.2) is 0 Å². The number of halogens is 3. The first-order valence-electron chi connectivity index (χ1n) is 6.97. The molecule has 0 unspecified atom stereocenters. The lowest BCUT2D eigenvalue weighted by atomic mass is 10.1. The Hall–Kier alpha value is -2.35. The molecule has 0 aliphatic carbocycles. The van der Waals surface area contributed by atoms with Gasteiger partial charge in [-0.1, -0.05) is 17.9 Å². The Morgan fingerprint density at radius 1 is 1.31 bits per heavy atom. The standard InChI is InChI=1S/C16H12F3NO4S2/c1-24-15(21)14-13(7-9-25-14)26(22,23)20-8-3-5-11-4-2-6-12(10-11)16(17,18)19/h2,4,6-7,9-10,20H,8H2,1H3. The van der Waals surface area contributed by atoms with Crippen molar-refractivity contribution in [2.75, 3.05) is 13.7 Å². The first-order chi connectivity index (χ1) is 12.1. The first kappa shape index (κ1) is 20.0. The fourth-order valence-corrected chi connectivity index (χ4v) is 4.13. The molecule has 2 aromatic rings. The van der Waals surface area contributed by atoms with Gasteiger partial charge in [0.1, 0.15) is 9.77 Å². The van der Waals surface area contributed by atoms with Crippen molar-refractivity contribution in [3.63, 3.8) is 0 Å². The quantitative estimate of drug-likeness (QED) is 0.630. The molecule has 0 amide bonds. The number of carbonyl (C=O) groups excluding carboxylic acids is 1. The van der Waals surface area contributed by atoms with Gasteiger partial charge < -0.3 is 4.74 Å². The minimum Gasteiger partial charge on any atom is -0.465 e. The molecule has 138 valence electrons. The zero-order valence-corrected chi connectivity index (χ0v) is 14.9. The number of methoxy groups -OCH3 is 1. The third-order valence-corrected chi connectivity index (χ3v) is 5.53. The van der Waals surface area contributed by atoms with E-state index in [0.717, 1.165) is 30.6 Å². The van der Waals surface area contributed by atoms with Crippen LogP contribution in [0, 0.1) is 11.8 Å². The predicted octanol–water partition coefficient (Wildman–Crippen LogP) is 2.88. The van der Waals surface area contributed by atoms with Crippen LogP contribution in [0.3, 0.4) is 0 Å². The Balaban J connectivity index is 2.10. The topological polar surface area (TPSA) is 72.5 Å². The molecular weight excluding hydrogens is 391 g/mol. The number of carbonyl (C=O) groups is 1. The maximum absolute atomic E-state index is 12.6. The SMILES string of the molecule is COC(=O)c1sccc1S(=O)(=O)NCC#Cc1cccc(C(F)(F)F)c1. The van der Waals surface area contributed by atoms with E-state index >= 15 is 0 Å². The number of benzene rings is 1. The van der Waals surface area contributed by atoms with Crippen LogP contribution < -0.4 is 4.72 Å². The van der Waals surface area contributed by atoms with E-state index in [1.54, 1.807) is 0 Å². The van der Waals surface area contributed by atoms with Crippen molar-refractivity contribution in [1.29, 1.82) is 0 Å². The second-order valence-corrected chi connectivity index (χ2v) is 7.46. The highest BCUT2D eigenvalue weighted by molar-refractivity contribution is 7.89. The Labute approximate surface area is 151 Å². The van der Waals surface area contributed by atoms with Gasteiger partial charge in [-0.3, -0.25) is 0 Å². The second kappa shape index (κ2) is 7.90. The molecule has 10 heteroatoms. The number of ether oxygens (including phenoxy) is 1. The van der Waals surface area contributed by atoms with Gasteiger partial charge in [-0.25, -0.2) is 13.2 Å². The molecule has 0 aliphatic heterocycles. The normalized spacial score (nSPS) is 11.5. The van der Waals surface area contributed by atoms with E-state index in [-0.39, 0.29) is 21.9 Å². The van der Waals surface area contributed by atoms with E-state index in [9.17, 15) is 26.4 Å². The lowest BCUT2D eigenvalue weighted by Gasteiger charge is -2.06. The fourth-order valence-electron chi connectivity index (χ4n) is 1.88. The maximum Gasteiger partial charge on any atom is 0.416 e. The molecule has 1 N–H and O–H groups in total. The lowest BCUT2D eigenvalue weighted by Crippen LogP contribution is -2.25. The highest BCUT2D eigenvalue weighted by Gasteiger charge is 2.30. The van der Waals surface area contributed by atoms with Crippen LogP contribution in [0.2, 0.25) is 0 Å². The summed E-state index contributed by atoms with van der Waals surface area (Å²) in [5.74, 6) is 4.12. The molecule has 0 aliphatic rings. The summed E-state index contributed by atoms with van der Waals surface area (Å²) in [4.78, 5) is 11.2. The minimum absolute atomic E-state index is 0.0779. The number of esters is 1. The van der Waals surface area contributed by atoms with E-state index < -0.39 is 27.7 Å². The first-order valence-corrected chi connectivity index (χ1v) is 9.33. The van der Waals surface area contributed by atoms with Gasteiger partial charge >= 0.3 is 12.1 Å². The third kappa shape index (κ3) is 4.85. The van der Waals surface area contributed by atoms with Crippen molar-refractivity contribution >= 4 is 27.3 Å². The zero-order valence-electron chi connectivity index (χ0n) is 13.3. The van der Waals surface area contributed by atoms with E-state index in [4.69, 9.17) is 0 Å². The zero-order chi connectivity index (χ0) is 19.4. The summed E-state index contributed by atoms with van der Waals surface area (Å²) in [6.07, 6.45) is -4.48. The summed E-state index contributed by atoms with van der Waals surface area (Å²) < 4.78 is 69.0. The number of alkyl halides is 3. The lowest BCUT2D eigenvalue weighted by molar-refractivity contribution is -0.137. The minimum atomic E-state index is -4.48. The monoisotopic (exact) mass is 403 g/mol. The van der Waals surface area contributed by atoms with Gasteiger partial charge in [0.25, 0.3) is 0 Å². The van der Waals surface area contributed by atoms with Gasteiger partial charge in [-0.05, 0) is 29.6 Å². The number of rotatable bonds is 4. The Morgan fingerprint density at radius 2 is 2.04 bits per heavy atom. The molecule has 1 heterocycles. The summed E-state index contributed by atoms with van der Waals surface area (Å²) in [5.41, 5.74) is -0.740. The van der Waals surface area contributed by atoms with E-state index in [1.807, 2.05) is 0 Å². The van der Waals surface area contributed by atoms with Crippen LogP contribution >= 0.6 is 11.3 Å². The molecular formula is C16H12F3NO4S2. The molecule has 0 atom stereocenters. The van der Waals surface area contributed by atoms with Crippen LogP contribution in [-0.4, -0.2) is 28.0 Å². The smallest absolute Gasteiger partial charge is 0.416 e. The predicted molar refractivity (Wildman–Crippen MR) is 89.2 cm³/mol. The molecule has 0 spiro atoms. The van der Waals surface area contributed by atoms with Gasteiger partial charge in [-0.2, -0.15) is 17.9 Å². The van der Waals surface area contributed by atoms with Crippen LogP contribution in [-0.2, 0) is 20.9 Å². The van der Waals surface area contributed by atoms with Crippen molar-refractivity contribution in [3.05, 3.63) is 51.7 Å². The van der Waals surface area contributed by atoms with Crippen LogP contribution in [0.15, 0.2) is 40.6 Å². The van der Waals surface area contributed by atoms with Crippen LogP contribution in [0.25, 0.3) is 0 Å². The molecule has 5 nitrogen and oxygen atoms in total. The van der Waals surface area contributed by atoms with Crippen molar-refractivity contribution in [2.24, 2.45) is 0 Å². The summed E-state index contributed by atoms with van der Waals surface area (Å²) in [6.45, 7) is -0.338. The van der Waals surface area contributed by atoms with E-state index in [0.29, 0.717) is 0 Å². The van der Waals surface area contributed by atoms with Crippen molar-refractivity contribution in [2.45, 2.75) is 11.1 Å². The second-order valence-electron chi connectivity index (χ2n) is 4.81. The van der Waals surface area contributed by atoms with Crippen molar-refractivity contribution in [1.82, 2.24) is 4.72 Å². The molecule has 26 heavy (non-hydrogen) atoms. The van der Waals surface area contributed by atoms with Crippen LogP contribution in [0.5, 0.6) is 0 Å². The van der Waals surface area contributed by atoms with E-state index in [2.05, 4.69) is 21.3 Å². The molecule has 1 aromatic heterocycles. The Morgan fingerprint density at radius 3 is 2.69 bits per heavy atom. The number of thiophene rings is 1. The Kier molecular flexibility index (Phi) is 6.07. The van der Waals surface area contributed by atoms with Gasteiger partial charge in [0.05, 0.1) is 19.2 Å². The highest BCUT2D eigenvalue weighted by atomic mass is 32.2. The number of hydrogen-bond acceptors (Lipinski definition) is 5. The molecule has 1 aromatic carbocycles. The highest BCUT2D eigenvalue weighted by Crippen LogP contribution is 2.29. The summed E-state index contributed by atoms with van der Waals surface area (Å²) >= 11 is 0.913. The van der Waals surface area contributed by atoms with Crippen LogP contribution in [0.1, 0.15) is 20.8 Å². The largest absolute Gasteiger partial charge is 0.465 e. The molecule has 0 saturated carbocycles. The van der Waals surface area contributed by atoms with Crippen LogP contribution in [0.4, 0.5) is 13.2 Å². The Bertz CT molecular complexity index is 969. The molecule has 0 radical (unpaired) electrons. The van der Waals surface area contributed by atoms with Gasteiger partial charge in [0, 0.05) is 5.56 Å². The number of nitrogens with one attached hydrogen (secondary N) is 1. The summed E-state index contributed by atoms with van der Waals surface area (Å²) in [5, 5.41) is 1.43. The maximum atomic E-state index is 12.6. The van der Waals surface area contributed by atoms with Crippen molar-refractivity contribution < 1.29 is 31.1 Å². The number of hydrogen-bond donors (Lipinski definition) is 1. The van der Waals surface area contributed by atoms with Crippen molar-refractivity contribution in [3.8, 4) is 11.8 Å². The number of sulfonamides is 1. The van der Waals surface area contributed by atoms with Gasteiger partial charge in [-0.15, -0.1) is 11.3 Å². The average Bonchev–Trinajstić information content (AvgIpc) is 3.08. The average molecular weight is 403 g/mol. The molecule has 0 fully saturated rings. The van der Waals surface area contributed by atoms with Gasteiger partial charge in [0.2, 0.25) is 10.0 Å². The molecule has 0 saturated heterocycles. The summed E-state index contributed by atoms with van der Waals surface area (Å²) in [7, 11) is -2.88. The molecule has 0 bridgehead atoms.